The molecule has 19 heavy (non-hydrogen) atoms. The number of fused-ring (bicyclic) bond motifs is 1. The second kappa shape index (κ2) is 5.09. The summed E-state index contributed by atoms with van der Waals surface area (Å²) in [6, 6.07) is 6.04. The Hall–Kier alpha value is -1.75. The van der Waals surface area contributed by atoms with Crippen molar-refractivity contribution < 1.29 is 4.79 Å². The lowest BCUT2D eigenvalue weighted by atomic mass is 9.89. The van der Waals surface area contributed by atoms with Gasteiger partial charge in [0.25, 0.3) is 5.91 Å². The van der Waals surface area contributed by atoms with Gasteiger partial charge in [0.05, 0.1) is 0 Å². The quantitative estimate of drug-likeness (QED) is 0.650. The molecule has 0 unspecified atom stereocenters. The van der Waals surface area contributed by atoms with Gasteiger partial charge in [0, 0.05) is 30.6 Å². The van der Waals surface area contributed by atoms with Gasteiger partial charge in [-0.3, -0.25) is 4.79 Å². The summed E-state index contributed by atoms with van der Waals surface area (Å²) in [6.45, 7) is 0.727. The van der Waals surface area contributed by atoms with Crippen molar-refractivity contribution in [2.75, 3.05) is 7.05 Å². The van der Waals surface area contributed by atoms with E-state index in [1.165, 1.54) is 32.1 Å². The van der Waals surface area contributed by atoms with E-state index in [1.54, 1.807) is 4.90 Å². The molecule has 1 aromatic rings. The van der Waals surface area contributed by atoms with E-state index in [4.69, 9.17) is 0 Å². The molecule has 1 aliphatic heterocycles. The minimum Gasteiger partial charge on any atom is -0.337 e. The highest BCUT2D eigenvalue weighted by Gasteiger charge is 2.23. The number of amides is 1. The van der Waals surface area contributed by atoms with E-state index in [1.807, 2.05) is 25.2 Å². The summed E-state index contributed by atoms with van der Waals surface area (Å²) < 4.78 is 0. The molecule has 1 amide bonds. The maximum absolute atomic E-state index is 11.9. The second-order valence-electron chi connectivity index (χ2n) is 5.64. The molecule has 0 atom stereocenters. The van der Waals surface area contributed by atoms with Crippen LogP contribution in [0.5, 0.6) is 0 Å². The van der Waals surface area contributed by atoms with Crippen molar-refractivity contribution >= 4 is 5.91 Å². The van der Waals surface area contributed by atoms with Crippen LogP contribution in [0.25, 0.3) is 0 Å². The van der Waals surface area contributed by atoms with Crippen LogP contribution >= 0.6 is 0 Å². The lowest BCUT2D eigenvalue weighted by Gasteiger charge is -2.15. The third-order valence-electron chi connectivity index (χ3n) is 4.12. The molecule has 1 saturated carbocycles. The van der Waals surface area contributed by atoms with Crippen LogP contribution in [-0.4, -0.2) is 17.9 Å². The summed E-state index contributed by atoms with van der Waals surface area (Å²) in [4.78, 5) is 13.7. The highest BCUT2D eigenvalue weighted by molar-refractivity contribution is 5.98. The van der Waals surface area contributed by atoms with Crippen LogP contribution in [0, 0.1) is 17.8 Å². The zero-order chi connectivity index (χ0) is 13.2. The molecule has 0 radical (unpaired) electrons. The normalized spacial score (nSPS) is 19.0. The number of nitrogens with zero attached hydrogens (tertiary/aromatic N) is 1. The van der Waals surface area contributed by atoms with Crippen LogP contribution < -0.4 is 0 Å². The Morgan fingerprint density at radius 3 is 2.79 bits per heavy atom. The van der Waals surface area contributed by atoms with Crippen molar-refractivity contribution in [3.8, 4) is 11.8 Å². The van der Waals surface area contributed by atoms with Crippen LogP contribution in [0.3, 0.4) is 0 Å². The molecule has 1 aliphatic carbocycles. The van der Waals surface area contributed by atoms with Gasteiger partial charge in [-0.1, -0.05) is 37.2 Å². The number of carbonyl (C=O) groups is 1. The van der Waals surface area contributed by atoms with Gasteiger partial charge in [0.15, 0.2) is 0 Å². The summed E-state index contributed by atoms with van der Waals surface area (Å²) >= 11 is 0. The maximum atomic E-state index is 11.9. The third kappa shape index (κ3) is 2.51. The molecule has 0 saturated heterocycles. The fourth-order valence-electron chi connectivity index (χ4n) is 2.96. The summed E-state index contributed by atoms with van der Waals surface area (Å²) in [5.74, 6) is 7.32. The lowest BCUT2D eigenvalue weighted by molar-refractivity contribution is 0.0816. The molecule has 1 fully saturated rings. The molecule has 2 aliphatic rings. The second-order valence-corrected chi connectivity index (χ2v) is 5.64. The third-order valence-corrected chi connectivity index (χ3v) is 4.12. The van der Waals surface area contributed by atoms with Gasteiger partial charge >= 0.3 is 0 Å². The fourth-order valence-corrected chi connectivity index (χ4v) is 2.96. The number of benzene rings is 1. The summed E-state index contributed by atoms with van der Waals surface area (Å²) in [5.41, 5.74) is 2.93. The molecule has 1 aromatic carbocycles. The molecule has 3 rings (SSSR count). The zero-order valence-corrected chi connectivity index (χ0v) is 11.4. The number of hydrogen-bond acceptors (Lipinski definition) is 1. The average molecular weight is 253 g/mol. The van der Waals surface area contributed by atoms with E-state index in [2.05, 4.69) is 11.8 Å². The van der Waals surface area contributed by atoms with Crippen molar-refractivity contribution in [2.24, 2.45) is 5.92 Å². The van der Waals surface area contributed by atoms with E-state index in [9.17, 15) is 4.79 Å². The molecule has 0 spiro atoms. The summed E-state index contributed by atoms with van der Waals surface area (Å²) in [6.07, 6.45) is 6.46. The van der Waals surface area contributed by atoms with Crippen molar-refractivity contribution in [3.05, 3.63) is 34.9 Å². The van der Waals surface area contributed by atoms with Crippen LogP contribution in [-0.2, 0) is 6.54 Å². The number of rotatable bonds is 0. The predicted octanol–water partition coefficient (Wildman–Crippen LogP) is 3.20. The molecular formula is C17H19NO. The SMILES string of the molecule is CN1Cc2ccc(C#CC3CCCCC3)cc2C1=O. The average Bonchev–Trinajstić information content (AvgIpc) is 2.73. The van der Waals surface area contributed by atoms with Crippen molar-refractivity contribution in [1.29, 1.82) is 0 Å². The highest BCUT2D eigenvalue weighted by atomic mass is 16.2. The van der Waals surface area contributed by atoms with E-state index in [0.29, 0.717) is 5.92 Å². The summed E-state index contributed by atoms with van der Waals surface area (Å²) in [7, 11) is 1.84. The molecule has 2 heteroatoms. The Morgan fingerprint density at radius 1 is 1.21 bits per heavy atom. The van der Waals surface area contributed by atoms with E-state index >= 15 is 0 Å². The zero-order valence-electron chi connectivity index (χ0n) is 11.4. The number of hydrogen-bond donors (Lipinski definition) is 0. The Kier molecular flexibility index (Phi) is 3.29. The smallest absolute Gasteiger partial charge is 0.254 e. The lowest BCUT2D eigenvalue weighted by Crippen LogP contribution is -2.17. The van der Waals surface area contributed by atoms with Gasteiger partial charge in [-0.2, -0.15) is 0 Å². The first-order valence-electron chi connectivity index (χ1n) is 7.14. The monoisotopic (exact) mass is 253 g/mol. The summed E-state index contributed by atoms with van der Waals surface area (Å²) in [5, 5.41) is 0. The van der Waals surface area contributed by atoms with Gasteiger partial charge in [0.1, 0.15) is 0 Å². The first kappa shape index (κ1) is 12.3. The maximum Gasteiger partial charge on any atom is 0.254 e. The van der Waals surface area contributed by atoms with E-state index in [-0.39, 0.29) is 5.91 Å². The van der Waals surface area contributed by atoms with Crippen molar-refractivity contribution in [1.82, 2.24) is 4.90 Å². The van der Waals surface area contributed by atoms with Crippen molar-refractivity contribution in [3.63, 3.8) is 0 Å². The van der Waals surface area contributed by atoms with Gasteiger partial charge in [-0.05, 0) is 30.5 Å². The van der Waals surface area contributed by atoms with Gasteiger partial charge < -0.3 is 4.90 Å². The molecule has 0 aromatic heterocycles. The van der Waals surface area contributed by atoms with Crippen LogP contribution in [0.4, 0.5) is 0 Å². The first-order chi connectivity index (χ1) is 9.24. The largest absolute Gasteiger partial charge is 0.337 e. The minimum absolute atomic E-state index is 0.122. The molecule has 1 heterocycles. The Bertz CT molecular complexity index is 558. The molecule has 2 nitrogen and oxygen atoms in total. The van der Waals surface area contributed by atoms with Crippen molar-refractivity contribution in [2.45, 2.75) is 38.6 Å². The Balaban J connectivity index is 1.80. The molecular weight excluding hydrogens is 234 g/mol. The van der Waals surface area contributed by atoms with Gasteiger partial charge in [0.2, 0.25) is 0 Å². The fraction of sp³-hybridized carbons (Fsp3) is 0.471. The van der Waals surface area contributed by atoms with E-state index in [0.717, 1.165) is 23.2 Å². The molecule has 98 valence electrons. The molecule has 0 bridgehead atoms. The van der Waals surface area contributed by atoms with Crippen LogP contribution in [0.2, 0.25) is 0 Å². The van der Waals surface area contributed by atoms with E-state index < -0.39 is 0 Å². The standard InChI is InChI=1S/C17H19NO/c1-18-12-15-10-9-14(11-16(15)17(18)19)8-7-13-5-3-2-4-6-13/h9-11,13H,2-6,12H2,1H3. The highest BCUT2D eigenvalue weighted by Crippen LogP contribution is 2.24. The number of carbonyl (C=O) groups excluding carboxylic acids is 1. The van der Waals surface area contributed by atoms with Crippen LogP contribution in [0.15, 0.2) is 18.2 Å². The minimum atomic E-state index is 0.122. The first-order valence-corrected chi connectivity index (χ1v) is 7.14. The Morgan fingerprint density at radius 2 is 2.00 bits per heavy atom. The van der Waals surface area contributed by atoms with Gasteiger partial charge in [-0.25, -0.2) is 0 Å². The van der Waals surface area contributed by atoms with Crippen LogP contribution in [0.1, 0.15) is 53.6 Å². The topological polar surface area (TPSA) is 20.3 Å². The molecule has 0 N–H and O–H groups in total. The Labute approximate surface area is 114 Å². The van der Waals surface area contributed by atoms with Gasteiger partial charge in [-0.15, -0.1) is 0 Å². The predicted molar refractivity (Wildman–Crippen MR) is 75.7 cm³/mol.